The fourth-order valence-electron chi connectivity index (χ4n) is 2.07. The summed E-state index contributed by atoms with van der Waals surface area (Å²) in [4.78, 5) is 0. The molecule has 1 N–H and O–H groups in total. The fraction of sp³-hybridized carbons (Fsp3) is 0.846. The molecular formula is C13H25NO. The maximum atomic E-state index is 5.46. The predicted octanol–water partition coefficient (Wildman–Crippen LogP) is 2.89. The molecule has 0 unspecified atom stereocenters. The molecule has 15 heavy (non-hydrogen) atoms. The molecule has 0 aromatic heterocycles. The smallest absolute Gasteiger partial charge is 0.0672 e. The van der Waals surface area contributed by atoms with Gasteiger partial charge in [0.1, 0.15) is 0 Å². The van der Waals surface area contributed by atoms with Crippen molar-refractivity contribution >= 4 is 0 Å². The lowest BCUT2D eigenvalue weighted by Gasteiger charge is -2.15. The van der Waals surface area contributed by atoms with Gasteiger partial charge >= 0.3 is 0 Å². The molecule has 2 heteroatoms. The van der Waals surface area contributed by atoms with Crippen molar-refractivity contribution in [3.05, 3.63) is 12.2 Å². The van der Waals surface area contributed by atoms with Gasteiger partial charge in [0, 0.05) is 12.6 Å². The number of rotatable bonds is 6. The van der Waals surface area contributed by atoms with Crippen LogP contribution in [0.1, 0.15) is 45.4 Å². The van der Waals surface area contributed by atoms with Gasteiger partial charge in [0.2, 0.25) is 0 Å². The van der Waals surface area contributed by atoms with Gasteiger partial charge in [0.05, 0.1) is 13.2 Å². The highest BCUT2D eigenvalue weighted by Gasteiger charge is 2.10. The third-order valence-electron chi connectivity index (χ3n) is 2.88. The second kappa shape index (κ2) is 7.89. The minimum absolute atomic E-state index is 0.701. The van der Waals surface area contributed by atoms with Gasteiger partial charge in [-0.3, -0.25) is 0 Å². The fourth-order valence-corrected chi connectivity index (χ4v) is 2.07. The van der Waals surface area contributed by atoms with Crippen molar-refractivity contribution in [1.29, 1.82) is 0 Å². The first-order valence-electron chi connectivity index (χ1n) is 6.24. The van der Waals surface area contributed by atoms with Crippen LogP contribution in [0.4, 0.5) is 0 Å². The van der Waals surface area contributed by atoms with E-state index in [2.05, 4.69) is 11.9 Å². The van der Waals surface area contributed by atoms with Crippen LogP contribution in [0.2, 0.25) is 0 Å². The Labute approximate surface area is 94.1 Å². The Morgan fingerprint density at radius 3 is 2.53 bits per heavy atom. The average molecular weight is 211 g/mol. The van der Waals surface area contributed by atoms with Crippen LogP contribution in [-0.2, 0) is 4.74 Å². The molecule has 1 saturated carbocycles. The Hall–Kier alpha value is -0.340. The first-order valence-corrected chi connectivity index (χ1v) is 6.24. The second-order valence-electron chi connectivity index (χ2n) is 4.65. The van der Waals surface area contributed by atoms with Crippen molar-refractivity contribution < 1.29 is 4.74 Å². The zero-order valence-electron chi connectivity index (χ0n) is 10.1. The monoisotopic (exact) mass is 211 g/mol. The molecule has 0 aliphatic heterocycles. The van der Waals surface area contributed by atoms with Crippen LogP contribution >= 0.6 is 0 Å². The van der Waals surface area contributed by atoms with Gasteiger partial charge in [-0.05, 0) is 19.8 Å². The summed E-state index contributed by atoms with van der Waals surface area (Å²) in [7, 11) is 0. The summed E-state index contributed by atoms with van der Waals surface area (Å²) in [5.41, 5.74) is 1.10. The summed E-state index contributed by atoms with van der Waals surface area (Å²) in [5.74, 6) is 0. The molecule has 2 nitrogen and oxygen atoms in total. The third-order valence-corrected chi connectivity index (χ3v) is 2.88. The number of hydrogen-bond acceptors (Lipinski definition) is 2. The van der Waals surface area contributed by atoms with Crippen LogP contribution in [-0.4, -0.2) is 25.8 Å². The topological polar surface area (TPSA) is 21.3 Å². The number of nitrogens with one attached hydrogen (secondary N) is 1. The van der Waals surface area contributed by atoms with Crippen molar-refractivity contribution in [3.63, 3.8) is 0 Å². The largest absolute Gasteiger partial charge is 0.376 e. The van der Waals surface area contributed by atoms with Crippen LogP contribution in [0.25, 0.3) is 0 Å². The van der Waals surface area contributed by atoms with E-state index in [0.29, 0.717) is 6.61 Å². The van der Waals surface area contributed by atoms with Crippen molar-refractivity contribution in [3.8, 4) is 0 Å². The zero-order valence-corrected chi connectivity index (χ0v) is 10.1. The van der Waals surface area contributed by atoms with Crippen molar-refractivity contribution in [2.75, 3.05) is 19.8 Å². The Balaban J connectivity index is 1.96. The van der Waals surface area contributed by atoms with Crippen molar-refractivity contribution in [2.24, 2.45) is 0 Å². The van der Waals surface area contributed by atoms with Gasteiger partial charge < -0.3 is 10.1 Å². The highest BCUT2D eigenvalue weighted by molar-refractivity contribution is 4.87. The van der Waals surface area contributed by atoms with Crippen LogP contribution in [0.5, 0.6) is 0 Å². The van der Waals surface area contributed by atoms with Crippen molar-refractivity contribution in [2.45, 2.75) is 51.5 Å². The maximum Gasteiger partial charge on any atom is 0.0672 e. The van der Waals surface area contributed by atoms with E-state index in [1.165, 1.54) is 38.5 Å². The molecule has 0 atom stereocenters. The second-order valence-corrected chi connectivity index (χ2v) is 4.65. The van der Waals surface area contributed by atoms with E-state index in [9.17, 15) is 0 Å². The zero-order chi connectivity index (χ0) is 10.9. The molecule has 0 heterocycles. The van der Waals surface area contributed by atoms with Gasteiger partial charge in [0.15, 0.2) is 0 Å². The molecular weight excluding hydrogens is 186 g/mol. The molecule has 0 aromatic carbocycles. The summed E-state index contributed by atoms with van der Waals surface area (Å²) in [5, 5.41) is 3.58. The highest BCUT2D eigenvalue weighted by atomic mass is 16.5. The van der Waals surface area contributed by atoms with E-state index < -0.39 is 0 Å². The lowest BCUT2D eigenvalue weighted by molar-refractivity contribution is 0.154. The molecule has 0 spiro atoms. The molecule has 1 rings (SSSR count). The minimum Gasteiger partial charge on any atom is -0.376 e. The predicted molar refractivity (Wildman–Crippen MR) is 65.1 cm³/mol. The van der Waals surface area contributed by atoms with Crippen LogP contribution in [0.15, 0.2) is 12.2 Å². The lowest BCUT2D eigenvalue weighted by Crippen LogP contribution is -2.31. The van der Waals surface area contributed by atoms with Crippen LogP contribution < -0.4 is 5.32 Å². The van der Waals surface area contributed by atoms with E-state index >= 15 is 0 Å². The average Bonchev–Trinajstić information content (AvgIpc) is 2.45. The maximum absolute atomic E-state index is 5.46. The van der Waals surface area contributed by atoms with Gasteiger partial charge in [-0.2, -0.15) is 0 Å². The van der Waals surface area contributed by atoms with E-state index in [-0.39, 0.29) is 0 Å². The molecule has 0 aromatic rings. The summed E-state index contributed by atoms with van der Waals surface area (Å²) in [6.45, 7) is 8.30. The summed E-state index contributed by atoms with van der Waals surface area (Å²) < 4.78 is 5.46. The normalized spacial score (nSPS) is 18.7. The summed E-state index contributed by atoms with van der Waals surface area (Å²) in [6.07, 6.45) is 8.32. The lowest BCUT2D eigenvalue weighted by atomic mass is 10.1. The van der Waals surface area contributed by atoms with E-state index in [4.69, 9.17) is 4.74 Å². The van der Waals surface area contributed by atoms with Crippen LogP contribution in [0, 0.1) is 0 Å². The summed E-state index contributed by atoms with van der Waals surface area (Å²) >= 11 is 0. The first kappa shape index (κ1) is 12.7. The van der Waals surface area contributed by atoms with Crippen LogP contribution in [0.3, 0.4) is 0 Å². The Kier molecular flexibility index (Phi) is 6.69. The minimum atomic E-state index is 0.701. The molecule has 0 radical (unpaired) electrons. The van der Waals surface area contributed by atoms with E-state index in [1.54, 1.807) is 0 Å². The highest BCUT2D eigenvalue weighted by Crippen LogP contribution is 2.16. The molecule has 88 valence electrons. The van der Waals surface area contributed by atoms with E-state index in [1.807, 2.05) is 6.92 Å². The number of hydrogen-bond donors (Lipinski definition) is 1. The van der Waals surface area contributed by atoms with Gasteiger partial charge in [0.25, 0.3) is 0 Å². The Bertz CT molecular complexity index is 171. The molecule has 1 fully saturated rings. The van der Waals surface area contributed by atoms with Gasteiger partial charge in [-0.15, -0.1) is 0 Å². The first-order chi connectivity index (χ1) is 7.29. The number of ether oxygens (including phenoxy) is 1. The molecule has 1 aliphatic carbocycles. The van der Waals surface area contributed by atoms with Gasteiger partial charge in [-0.25, -0.2) is 0 Å². The van der Waals surface area contributed by atoms with Gasteiger partial charge in [-0.1, -0.05) is 37.8 Å². The SMILES string of the molecule is C=C(C)COCCNC1CCCCCC1. The Morgan fingerprint density at radius 1 is 1.27 bits per heavy atom. The Morgan fingerprint density at radius 2 is 1.93 bits per heavy atom. The van der Waals surface area contributed by atoms with E-state index in [0.717, 1.165) is 24.8 Å². The molecule has 0 saturated heterocycles. The molecule has 1 aliphatic rings. The third kappa shape index (κ3) is 6.69. The summed E-state index contributed by atoms with van der Waals surface area (Å²) in [6, 6.07) is 0.737. The standard InChI is InChI=1S/C13H25NO/c1-12(2)11-15-10-9-14-13-7-5-3-4-6-8-13/h13-14H,1,3-11H2,2H3. The quantitative estimate of drug-likeness (QED) is 0.414. The molecule has 0 amide bonds. The van der Waals surface area contributed by atoms with Crippen molar-refractivity contribution in [1.82, 2.24) is 5.32 Å². The molecule has 0 bridgehead atoms.